The number of aromatic nitrogens is 1. The van der Waals surface area contributed by atoms with Gasteiger partial charge in [-0.25, -0.2) is 4.39 Å². The molecule has 0 bridgehead atoms. The number of carboxylic acid groups (broad SMARTS) is 1. The first-order chi connectivity index (χ1) is 8.54. The summed E-state index contributed by atoms with van der Waals surface area (Å²) in [7, 11) is 0. The van der Waals surface area contributed by atoms with Gasteiger partial charge in [-0.05, 0) is 12.1 Å². The largest absolute Gasteiger partial charge is 0.481 e. The molecule has 18 heavy (non-hydrogen) atoms. The second-order valence-electron chi connectivity index (χ2n) is 3.46. The molecular weight excluding hydrogens is 243 g/mol. The molecule has 2 N–H and O–H groups in total. The Labute approximate surface area is 102 Å². The van der Waals surface area contributed by atoms with Crippen LogP contribution in [-0.2, 0) is 9.59 Å². The van der Waals surface area contributed by atoms with E-state index in [1.54, 1.807) is 0 Å². The Balaban J connectivity index is 2.74. The van der Waals surface area contributed by atoms with E-state index in [0.717, 1.165) is 0 Å². The van der Waals surface area contributed by atoms with Crippen LogP contribution in [0.5, 0.6) is 0 Å². The summed E-state index contributed by atoms with van der Waals surface area (Å²) in [6, 6.07) is 1.42. The van der Waals surface area contributed by atoms with Crippen molar-refractivity contribution in [3.05, 3.63) is 30.1 Å². The Hall–Kier alpha value is -2.31. The molecule has 1 atom stereocenters. The predicted octanol–water partition coefficient (Wildman–Crippen LogP) is 0.193. The van der Waals surface area contributed by atoms with Crippen LogP contribution in [0, 0.1) is 0 Å². The van der Waals surface area contributed by atoms with Crippen molar-refractivity contribution < 1.29 is 23.9 Å². The van der Waals surface area contributed by atoms with Crippen molar-refractivity contribution in [1.82, 2.24) is 10.3 Å². The normalized spacial score (nSPS) is 11.6. The number of hydrogen-bond acceptors (Lipinski definition) is 4. The predicted molar refractivity (Wildman–Crippen MR) is 58.7 cm³/mol. The lowest BCUT2D eigenvalue weighted by molar-refractivity contribution is -0.139. The molecule has 1 amide bonds. The van der Waals surface area contributed by atoms with Crippen LogP contribution < -0.4 is 5.32 Å². The zero-order valence-electron chi connectivity index (χ0n) is 9.30. The molecule has 96 valence electrons. The van der Waals surface area contributed by atoms with Crippen LogP contribution in [-0.4, -0.2) is 40.5 Å². The van der Waals surface area contributed by atoms with Crippen LogP contribution in [0.15, 0.2) is 24.5 Å². The lowest BCUT2D eigenvalue weighted by Gasteiger charge is -2.14. The van der Waals surface area contributed by atoms with Crippen LogP contribution >= 0.6 is 0 Å². The first-order valence-electron chi connectivity index (χ1n) is 5.06. The van der Waals surface area contributed by atoms with E-state index in [0.29, 0.717) is 0 Å². The molecule has 7 heteroatoms. The number of alkyl halides is 1. The third kappa shape index (κ3) is 3.93. The third-order valence-electron chi connectivity index (χ3n) is 2.15. The number of rotatable bonds is 6. The summed E-state index contributed by atoms with van der Waals surface area (Å²) in [5.74, 6) is -2.91. The average Bonchev–Trinajstić information content (AvgIpc) is 2.37. The molecular formula is C11H11FN2O4. The van der Waals surface area contributed by atoms with Crippen LogP contribution in [0.3, 0.4) is 0 Å². The van der Waals surface area contributed by atoms with Gasteiger partial charge < -0.3 is 10.4 Å². The highest BCUT2D eigenvalue weighted by Gasteiger charge is 2.23. The van der Waals surface area contributed by atoms with Crippen LogP contribution in [0.1, 0.15) is 16.8 Å². The summed E-state index contributed by atoms with van der Waals surface area (Å²) in [6.07, 6.45) is 2.09. The molecule has 0 aromatic carbocycles. The number of pyridine rings is 1. The van der Waals surface area contributed by atoms with Gasteiger partial charge in [0.15, 0.2) is 5.78 Å². The number of carboxylic acids is 1. The highest BCUT2D eigenvalue weighted by molar-refractivity contribution is 5.99. The highest BCUT2D eigenvalue weighted by Crippen LogP contribution is 2.01. The van der Waals surface area contributed by atoms with Crippen molar-refractivity contribution in [2.75, 3.05) is 6.67 Å². The monoisotopic (exact) mass is 254 g/mol. The minimum absolute atomic E-state index is 0.215. The maximum absolute atomic E-state index is 12.2. The molecule has 0 saturated heterocycles. The Morgan fingerprint density at radius 2 is 1.94 bits per heavy atom. The third-order valence-corrected chi connectivity index (χ3v) is 2.15. The summed E-state index contributed by atoms with van der Waals surface area (Å²) in [6.45, 7) is -1.32. The summed E-state index contributed by atoms with van der Waals surface area (Å²) < 4.78 is 12.2. The van der Waals surface area contributed by atoms with E-state index in [2.05, 4.69) is 10.3 Å². The Morgan fingerprint density at radius 3 is 2.44 bits per heavy atom. The maximum atomic E-state index is 12.2. The van der Waals surface area contributed by atoms with Crippen molar-refractivity contribution in [3.63, 3.8) is 0 Å². The number of Topliss-reactive ketones (excluding diaryl/α,β-unsaturated/α-hetero) is 1. The zero-order valence-corrected chi connectivity index (χ0v) is 9.30. The number of carbonyl (C=O) groups excluding carboxylic acids is 2. The molecule has 1 aromatic heterocycles. The lowest BCUT2D eigenvalue weighted by atomic mass is 10.1. The van der Waals surface area contributed by atoms with Gasteiger partial charge >= 0.3 is 5.97 Å². The first-order valence-corrected chi connectivity index (χ1v) is 5.06. The van der Waals surface area contributed by atoms with E-state index in [1.807, 2.05) is 0 Å². The summed E-state index contributed by atoms with van der Waals surface area (Å²) in [5, 5.41) is 10.8. The van der Waals surface area contributed by atoms with Crippen molar-refractivity contribution >= 4 is 17.7 Å². The molecule has 0 radical (unpaired) electrons. The molecule has 6 nitrogen and oxygen atoms in total. The molecule has 0 spiro atoms. The number of nitrogens with one attached hydrogen (secondary N) is 1. The van der Waals surface area contributed by atoms with Gasteiger partial charge in [0, 0.05) is 18.0 Å². The fourth-order valence-corrected chi connectivity index (χ4v) is 1.26. The van der Waals surface area contributed by atoms with E-state index in [1.165, 1.54) is 24.5 Å². The number of aliphatic carboxylic acids is 1. The van der Waals surface area contributed by atoms with E-state index < -0.39 is 36.8 Å². The van der Waals surface area contributed by atoms with Crippen molar-refractivity contribution in [1.29, 1.82) is 0 Å². The van der Waals surface area contributed by atoms with Gasteiger partial charge in [-0.2, -0.15) is 0 Å². The molecule has 0 aliphatic carbocycles. The number of ketones is 1. The fourth-order valence-electron chi connectivity index (χ4n) is 1.26. The molecule has 0 aliphatic rings. The van der Waals surface area contributed by atoms with Gasteiger partial charge in [0.2, 0.25) is 0 Å². The smallest absolute Gasteiger partial charge is 0.305 e. The minimum atomic E-state index is -1.37. The molecule has 0 fully saturated rings. The van der Waals surface area contributed by atoms with Gasteiger partial charge in [0.1, 0.15) is 12.7 Å². The second kappa shape index (κ2) is 6.43. The number of nitrogens with zero attached hydrogens (tertiary/aromatic N) is 1. The zero-order chi connectivity index (χ0) is 13.5. The standard InChI is InChI=1S/C11H11FN2O4/c12-6-9(15)8(5-10(16)17)14-11(18)7-1-3-13-4-2-7/h1-4,8H,5-6H2,(H,14,18)(H,16,17). The molecule has 0 saturated carbocycles. The van der Waals surface area contributed by atoms with E-state index in [-0.39, 0.29) is 5.56 Å². The van der Waals surface area contributed by atoms with Crippen LogP contribution in [0.2, 0.25) is 0 Å². The lowest BCUT2D eigenvalue weighted by Crippen LogP contribution is -2.43. The van der Waals surface area contributed by atoms with Crippen molar-refractivity contribution in [3.8, 4) is 0 Å². The quantitative estimate of drug-likeness (QED) is 0.755. The minimum Gasteiger partial charge on any atom is -0.481 e. The maximum Gasteiger partial charge on any atom is 0.305 e. The number of carbonyl (C=O) groups is 3. The summed E-state index contributed by atoms with van der Waals surface area (Å²) >= 11 is 0. The Bertz CT molecular complexity index is 450. The van der Waals surface area contributed by atoms with E-state index >= 15 is 0 Å². The van der Waals surface area contributed by atoms with Crippen molar-refractivity contribution in [2.24, 2.45) is 0 Å². The molecule has 0 aliphatic heterocycles. The summed E-state index contributed by atoms with van der Waals surface area (Å²) in [4.78, 5) is 37.0. The Morgan fingerprint density at radius 1 is 1.33 bits per heavy atom. The molecule has 1 heterocycles. The summed E-state index contributed by atoms with van der Waals surface area (Å²) in [5.41, 5.74) is 0.215. The topological polar surface area (TPSA) is 96.4 Å². The van der Waals surface area contributed by atoms with E-state index in [4.69, 9.17) is 5.11 Å². The van der Waals surface area contributed by atoms with Crippen LogP contribution in [0.25, 0.3) is 0 Å². The van der Waals surface area contributed by atoms with Crippen LogP contribution in [0.4, 0.5) is 4.39 Å². The molecule has 1 rings (SSSR count). The van der Waals surface area contributed by atoms with Crippen molar-refractivity contribution in [2.45, 2.75) is 12.5 Å². The SMILES string of the molecule is O=C(O)CC(NC(=O)c1ccncc1)C(=O)CF. The van der Waals surface area contributed by atoms with Gasteiger partial charge in [0.25, 0.3) is 5.91 Å². The highest BCUT2D eigenvalue weighted by atomic mass is 19.1. The first kappa shape index (κ1) is 13.8. The van der Waals surface area contributed by atoms with E-state index in [9.17, 15) is 18.8 Å². The Kier molecular flexibility index (Phi) is 4.91. The average molecular weight is 254 g/mol. The van der Waals surface area contributed by atoms with Gasteiger partial charge in [-0.1, -0.05) is 0 Å². The molecule has 1 aromatic rings. The van der Waals surface area contributed by atoms with Gasteiger partial charge in [0.05, 0.1) is 6.42 Å². The fraction of sp³-hybridized carbons (Fsp3) is 0.273. The number of halogens is 1. The van der Waals surface area contributed by atoms with Gasteiger partial charge in [-0.3, -0.25) is 19.4 Å². The number of hydrogen-bond donors (Lipinski definition) is 2. The molecule has 1 unspecified atom stereocenters. The van der Waals surface area contributed by atoms with Gasteiger partial charge in [-0.15, -0.1) is 0 Å². The number of amides is 1. The second-order valence-corrected chi connectivity index (χ2v) is 3.46.